The largest absolute Gasteiger partial charge is 0.282 e. The Morgan fingerprint density at radius 3 is 1.19 bits per heavy atom. The lowest BCUT2D eigenvalue weighted by atomic mass is 9.86. The summed E-state index contributed by atoms with van der Waals surface area (Å²) in [7, 11) is 0. The number of aryl methyl sites for hydroxylation is 1. The Labute approximate surface area is 881 Å². The van der Waals surface area contributed by atoms with E-state index in [1.54, 1.807) is 84.2 Å². The first-order valence-electron chi connectivity index (χ1n) is 49.8. The van der Waals surface area contributed by atoms with Crippen LogP contribution in [0.15, 0.2) is 360 Å². The van der Waals surface area contributed by atoms with E-state index in [0.717, 1.165) is 95.3 Å². The lowest BCUT2D eigenvalue weighted by Crippen LogP contribution is -2.11. The minimum atomic E-state index is -0.492. The van der Waals surface area contributed by atoms with Crippen LogP contribution in [0.4, 0.5) is 13.2 Å². The van der Waals surface area contributed by atoms with Crippen molar-refractivity contribution in [1.82, 2.24) is 104 Å². The van der Waals surface area contributed by atoms with Gasteiger partial charge in [-0.3, -0.25) is 14.4 Å². The van der Waals surface area contributed by atoms with E-state index in [9.17, 15) is 13.2 Å². The molecule has 0 saturated carbocycles. The van der Waals surface area contributed by atoms with Crippen molar-refractivity contribution in [1.29, 1.82) is 0 Å². The van der Waals surface area contributed by atoms with E-state index in [-0.39, 0.29) is 43.7 Å². The molecule has 13 heterocycles. The van der Waals surface area contributed by atoms with Crippen LogP contribution in [-0.2, 0) is 37.9 Å². The van der Waals surface area contributed by atoms with Crippen molar-refractivity contribution in [2.24, 2.45) is 0 Å². The Balaban J connectivity index is 0.000000131. The molecule has 0 aliphatic carbocycles. The highest BCUT2D eigenvalue weighted by Gasteiger charge is 2.24. The van der Waals surface area contributed by atoms with Gasteiger partial charge >= 0.3 is 0 Å². The van der Waals surface area contributed by atoms with Gasteiger partial charge in [0.05, 0.1) is 23.1 Å². The lowest BCUT2D eigenvalue weighted by Gasteiger charge is -2.19. The molecule has 21 aromatic rings. The van der Waals surface area contributed by atoms with Crippen molar-refractivity contribution in [3.63, 3.8) is 0 Å². The first-order valence-corrected chi connectivity index (χ1v) is 50.1. The molecule has 0 aliphatic heterocycles. The highest BCUT2D eigenvalue weighted by molar-refractivity contribution is 6.29. The van der Waals surface area contributed by atoms with Crippen LogP contribution in [0.2, 0.25) is 5.15 Å². The van der Waals surface area contributed by atoms with Crippen molar-refractivity contribution in [3.05, 3.63) is 427 Å². The van der Waals surface area contributed by atoms with Crippen LogP contribution >= 0.6 is 11.6 Å². The maximum Gasteiger partial charge on any atom is 0.220 e. The quantitative estimate of drug-likeness (QED) is 0.109. The monoisotopic (exact) mass is 2010 g/mol. The second kappa shape index (κ2) is 46.2. The maximum atomic E-state index is 14.2. The predicted octanol–water partition coefficient (Wildman–Crippen LogP) is 30.5. The van der Waals surface area contributed by atoms with Gasteiger partial charge in [-0.1, -0.05) is 344 Å². The number of rotatable bonds is 11. The minimum Gasteiger partial charge on any atom is -0.282 e. The normalized spacial score (nSPS) is 11.7. The first-order chi connectivity index (χ1) is 71.3. The fraction of sp³-hybridized carbons (Fsp3) is 0.232. The average molecular weight is 2010 g/mol. The van der Waals surface area contributed by atoms with Gasteiger partial charge in [0.1, 0.15) is 28.0 Å². The van der Waals surface area contributed by atoms with Gasteiger partial charge in [0.2, 0.25) is 11.9 Å². The van der Waals surface area contributed by atoms with Crippen molar-refractivity contribution in [2.45, 2.75) is 190 Å². The zero-order valence-corrected chi connectivity index (χ0v) is 89.7. The van der Waals surface area contributed by atoms with E-state index >= 15 is 0 Å². The Morgan fingerprint density at radius 2 is 0.700 bits per heavy atom. The number of halogens is 4. The summed E-state index contributed by atoms with van der Waals surface area (Å²) < 4.78 is 48.1. The Bertz CT molecular complexity index is 7720. The zero-order chi connectivity index (χ0) is 107. The van der Waals surface area contributed by atoms with Crippen LogP contribution in [0.25, 0.3) is 141 Å². The summed E-state index contributed by atoms with van der Waals surface area (Å²) >= 11 is 5.93. The SMILES string of the molecule is CC(C)(C)c1ccc(-c2cc(-c3ccccn3)cnc2F)cc1.CC(C)(C)c1ccc(-c2cc(-c3ncccn3)cnc2F)cc1.CC(C)(C)c1ccc(-c2cc(-c3ncccn3)ncc2F)cc1.CC(C)(C)c1ccc(-c2nnc3cc(-c4cccnc4)ccn23)cc1.CC(C)(C)c1ccc(-c2nnc3ccc(Cl)nn23)cc1.CC(C)(C)c1ccc(-n2nnc3ccccc32)cc1.Cc1ncc(-c2ccc(C(C)(C)C)cc2)cn1. The summed E-state index contributed by atoms with van der Waals surface area (Å²) in [5.41, 5.74) is 27.4. The fourth-order valence-electron chi connectivity index (χ4n) is 16.1. The number of hydrogen-bond acceptors (Lipinski definition) is 18. The number of para-hydroxylation sites is 1. The van der Waals surface area contributed by atoms with E-state index in [2.05, 4.69) is 327 Å². The summed E-state index contributed by atoms with van der Waals surface area (Å²) in [5.74, 6) is 2.07. The molecule has 150 heavy (non-hydrogen) atoms. The van der Waals surface area contributed by atoms with Crippen LogP contribution < -0.4 is 0 Å². The van der Waals surface area contributed by atoms with Gasteiger partial charge in [0.15, 0.2) is 34.6 Å². The average Bonchev–Trinajstić information content (AvgIpc) is 1.67. The van der Waals surface area contributed by atoms with Gasteiger partial charge in [-0.2, -0.15) is 18.4 Å². The maximum absolute atomic E-state index is 14.2. The standard InChI is InChI=1S/C21H20N4.C20H19FN2.2C19H18FN3.C16H17N3.C15H15ClN4.C15H18N2/c1-21(2,3)18-8-6-15(7-9-18)20-24-23-19-13-16(10-12-25(19)20)17-5-4-11-22-14-17;1-20(2,3)16-9-7-14(8-10-16)17-12-15(13-23-19(17)21)18-6-4-5-11-22-18;1-19(2,3)15-7-5-13(6-8-15)16-11-14(12-23-17(16)20)18-21-9-4-10-22-18;1-19(2,3)14-7-5-13(6-8-14)15-11-17(23-12-16(15)20)18-21-9-4-10-22-18;1-16(2,3)12-8-10-13(11-9-12)19-15-7-5-4-6-14(15)17-18-19;1-15(2,3)11-6-4-10(5-7-11)14-18-17-13-9-8-12(16)19-20(13)14;1-11-16-9-13(10-17-11)12-5-7-14(8-6-12)15(2,3)4/h4-14H,1-3H3;4-13H,1-3H3;2*4-12H,1-3H3;4-11H,1-3H3;4-9H,1-3H3;5-10H,1-4H3. The first kappa shape index (κ1) is 108. The Morgan fingerprint density at radius 1 is 0.273 bits per heavy atom. The number of fused-ring (bicyclic) bond motifs is 3. The van der Waals surface area contributed by atoms with Gasteiger partial charge in [-0.25, -0.2) is 53.9 Å². The van der Waals surface area contributed by atoms with Gasteiger partial charge in [-0.15, -0.1) is 25.5 Å². The molecule has 0 amide bonds. The molecule has 8 aromatic carbocycles. The molecule has 0 unspecified atom stereocenters. The molecule has 0 radical (unpaired) electrons. The second-order valence-electron chi connectivity index (χ2n) is 43.7. The lowest BCUT2D eigenvalue weighted by molar-refractivity contribution is 0.586. The topological polar surface area (TPSA) is 246 Å². The summed E-state index contributed by atoms with van der Waals surface area (Å²) in [5, 5.41) is 30.1. The molecule has 0 N–H and O–H groups in total. The van der Waals surface area contributed by atoms with Crippen LogP contribution in [0, 0.1) is 24.6 Å². The molecule has 0 aliphatic rings. The van der Waals surface area contributed by atoms with Crippen molar-refractivity contribution >= 4 is 33.9 Å². The third kappa shape index (κ3) is 27.6. The van der Waals surface area contributed by atoms with E-state index in [0.29, 0.717) is 56.2 Å². The number of pyridine rings is 6. The van der Waals surface area contributed by atoms with Crippen LogP contribution in [0.3, 0.4) is 0 Å². The second-order valence-corrected chi connectivity index (χ2v) is 44.0. The Kier molecular flexibility index (Phi) is 33.2. The van der Waals surface area contributed by atoms with E-state index in [1.165, 1.54) is 57.5 Å². The van der Waals surface area contributed by atoms with Gasteiger partial charge in [-0.05, 0) is 209 Å². The van der Waals surface area contributed by atoms with E-state index in [1.807, 2.05) is 186 Å². The Hall–Kier alpha value is -16.6. The third-order valence-electron chi connectivity index (χ3n) is 25.1. The predicted molar refractivity (Wildman–Crippen MR) is 599 cm³/mol. The molecule has 21 nitrogen and oxygen atoms in total. The molecule has 25 heteroatoms. The van der Waals surface area contributed by atoms with E-state index < -0.39 is 11.9 Å². The summed E-state index contributed by atoms with van der Waals surface area (Å²) in [6, 6.07) is 91.8. The summed E-state index contributed by atoms with van der Waals surface area (Å²) in [4.78, 5) is 45.5. The van der Waals surface area contributed by atoms with Crippen molar-refractivity contribution < 1.29 is 13.2 Å². The van der Waals surface area contributed by atoms with Crippen LogP contribution in [0.1, 0.15) is 190 Å². The summed E-state index contributed by atoms with van der Waals surface area (Å²) in [6.07, 6.45) is 21.9. The van der Waals surface area contributed by atoms with Crippen molar-refractivity contribution in [2.75, 3.05) is 0 Å². The summed E-state index contributed by atoms with van der Waals surface area (Å²) in [6.45, 7) is 47.8. The number of nitrogens with zero attached hydrogens (tertiary/aromatic N) is 21. The number of benzene rings is 8. The van der Waals surface area contributed by atoms with Gasteiger partial charge in [0, 0.05) is 124 Å². The van der Waals surface area contributed by atoms with Crippen LogP contribution in [-0.4, -0.2) is 104 Å². The molecular formula is C125H125ClF3N21. The minimum absolute atomic E-state index is 0.0645. The smallest absolute Gasteiger partial charge is 0.220 e. The van der Waals surface area contributed by atoms with Gasteiger partial charge < -0.3 is 0 Å². The fourth-order valence-corrected chi connectivity index (χ4v) is 16.2. The highest BCUT2D eigenvalue weighted by atomic mass is 35.5. The molecule has 758 valence electrons. The zero-order valence-electron chi connectivity index (χ0n) is 89.0. The highest BCUT2D eigenvalue weighted by Crippen LogP contribution is 2.38. The molecule has 0 atom stereocenters. The molecule has 0 bridgehead atoms. The molecule has 0 saturated heterocycles. The molecule has 0 fully saturated rings. The third-order valence-corrected chi connectivity index (χ3v) is 25.3. The molecular weight excluding hydrogens is 1890 g/mol. The molecule has 13 aromatic heterocycles. The number of aromatic nitrogens is 21. The van der Waals surface area contributed by atoms with Crippen LogP contribution in [0.5, 0.6) is 0 Å². The number of hydrogen-bond donors (Lipinski definition) is 0. The van der Waals surface area contributed by atoms with Gasteiger partial charge in [0.25, 0.3) is 0 Å². The molecule has 0 spiro atoms. The van der Waals surface area contributed by atoms with Crippen molar-refractivity contribution in [3.8, 4) is 118 Å². The molecule has 21 rings (SSSR count). The van der Waals surface area contributed by atoms with E-state index in [4.69, 9.17) is 11.6 Å².